The highest BCUT2D eigenvalue weighted by Gasteiger charge is 2.35. The average molecular weight is 504 g/mol. The molecule has 1 atom stereocenters. The lowest BCUT2D eigenvalue weighted by Crippen LogP contribution is -2.46. The van der Waals surface area contributed by atoms with Crippen LogP contribution in [0.15, 0.2) is 59.7 Å². The summed E-state index contributed by atoms with van der Waals surface area (Å²) in [6.07, 6.45) is 0.328. The van der Waals surface area contributed by atoms with E-state index in [9.17, 15) is 14.9 Å². The third kappa shape index (κ3) is 3.98. The van der Waals surface area contributed by atoms with Crippen molar-refractivity contribution in [2.24, 2.45) is 4.99 Å². The van der Waals surface area contributed by atoms with Gasteiger partial charge in [-0.1, -0.05) is 57.9 Å². The maximum atomic E-state index is 13.2. The normalized spacial score (nSPS) is 15.6. The number of hydrogen-bond acceptors (Lipinski definition) is 4. The van der Waals surface area contributed by atoms with E-state index >= 15 is 0 Å². The van der Waals surface area contributed by atoms with Crippen LogP contribution >= 0.6 is 27.5 Å². The third-order valence-electron chi connectivity index (χ3n) is 5.08. The Morgan fingerprint density at radius 2 is 2.03 bits per heavy atom. The second-order valence-corrected chi connectivity index (χ2v) is 8.17. The summed E-state index contributed by atoms with van der Waals surface area (Å²) in [5.41, 5.74) is 2.64. The number of amides is 1. The van der Waals surface area contributed by atoms with Gasteiger partial charge in [0, 0.05) is 28.4 Å². The molecule has 4 rings (SSSR count). The molecule has 0 fully saturated rings. The minimum absolute atomic E-state index is 0.106. The molecule has 158 valence electrons. The van der Waals surface area contributed by atoms with Crippen LogP contribution in [0.2, 0.25) is 5.02 Å². The van der Waals surface area contributed by atoms with Crippen LogP contribution in [0, 0.1) is 17.0 Å². The predicted molar refractivity (Wildman–Crippen MR) is 121 cm³/mol. The Kier molecular flexibility index (Phi) is 5.88. The number of carbonyl (C=O) groups excluding carboxylic acids is 1. The SMILES string of the molecule is Cc1n(CCBr)c([N+](=O)[O-])c[n+]1C1N=C(c2ccccc2)c2cc(Cl)ccc2NC1=O. The Balaban J connectivity index is 1.94. The van der Waals surface area contributed by atoms with Gasteiger partial charge in [-0.3, -0.25) is 4.79 Å². The number of fused-ring (bicyclic) bond motifs is 1. The van der Waals surface area contributed by atoms with E-state index in [0.29, 0.717) is 39.7 Å². The van der Waals surface area contributed by atoms with Gasteiger partial charge in [-0.25, -0.2) is 4.99 Å². The fourth-order valence-corrected chi connectivity index (χ4v) is 4.16. The molecule has 0 aliphatic carbocycles. The van der Waals surface area contributed by atoms with Crippen LogP contribution in [-0.4, -0.2) is 26.4 Å². The molecule has 1 amide bonds. The van der Waals surface area contributed by atoms with Crippen molar-refractivity contribution in [1.29, 1.82) is 0 Å². The van der Waals surface area contributed by atoms with E-state index in [2.05, 4.69) is 21.2 Å². The molecule has 0 saturated carbocycles. The van der Waals surface area contributed by atoms with Crippen LogP contribution in [0.5, 0.6) is 0 Å². The number of rotatable bonds is 5. The Labute approximate surface area is 191 Å². The molecule has 1 unspecified atom stereocenters. The van der Waals surface area contributed by atoms with Crippen molar-refractivity contribution in [2.75, 3.05) is 10.6 Å². The van der Waals surface area contributed by atoms with Gasteiger partial charge in [0.25, 0.3) is 17.9 Å². The maximum Gasteiger partial charge on any atom is 0.365 e. The fraction of sp³-hybridized carbons (Fsp3) is 0.190. The van der Waals surface area contributed by atoms with E-state index in [1.165, 1.54) is 10.8 Å². The molecule has 1 aliphatic rings. The number of halogens is 2. The molecule has 0 saturated heterocycles. The molecule has 1 aromatic heterocycles. The standard InChI is InChI=1S/C21H17BrClN5O3/c1-13-26(10-9-22)18(28(30)31)12-27(13)20-21(29)24-17-8-7-15(23)11-16(17)19(25-20)14-5-3-2-4-6-14/h2-8,11-12,20H,9-10H2,1H3/p+1. The van der Waals surface area contributed by atoms with Crippen molar-refractivity contribution in [3.63, 3.8) is 0 Å². The molecule has 31 heavy (non-hydrogen) atoms. The van der Waals surface area contributed by atoms with E-state index in [4.69, 9.17) is 16.6 Å². The summed E-state index contributed by atoms with van der Waals surface area (Å²) in [6.45, 7) is 2.12. The van der Waals surface area contributed by atoms with Crippen molar-refractivity contribution in [2.45, 2.75) is 19.6 Å². The quantitative estimate of drug-likeness (QED) is 0.247. The molecule has 0 radical (unpaired) electrons. The van der Waals surface area contributed by atoms with Crippen molar-refractivity contribution >= 4 is 50.7 Å². The molecule has 0 spiro atoms. The van der Waals surface area contributed by atoms with Gasteiger partial charge in [-0.15, -0.1) is 0 Å². The highest BCUT2D eigenvalue weighted by Crippen LogP contribution is 2.29. The zero-order chi connectivity index (χ0) is 22.1. The number of imidazole rings is 1. The Hall–Kier alpha value is -3.04. The number of anilines is 1. The lowest BCUT2D eigenvalue weighted by atomic mass is 10.0. The van der Waals surface area contributed by atoms with Gasteiger partial charge in [-0.2, -0.15) is 9.13 Å². The van der Waals surface area contributed by atoms with E-state index < -0.39 is 17.0 Å². The Bertz CT molecular complexity index is 1210. The molecule has 10 heteroatoms. The van der Waals surface area contributed by atoms with Crippen LogP contribution in [0.3, 0.4) is 0 Å². The molecule has 1 N–H and O–H groups in total. The average Bonchev–Trinajstić information content (AvgIpc) is 2.99. The summed E-state index contributed by atoms with van der Waals surface area (Å²) in [6, 6.07) is 14.6. The number of aromatic nitrogens is 2. The minimum atomic E-state index is -1.03. The van der Waals surface area contributed by atoms with E-state index in [1.54, 1.807) is 29.7 Å². The smallest absolute Gasteiger partial charge is 0.358 e. The Morgan fingerprint density at radius 1 is 1.29 bits per heavy atom. The van der Waals surface area contributed by atoms with Crippen LogP contribution in [0.1, 0.15) is 23.1 Å². The molecular weight excluding hydrogens is 486 g/mol. The van der Waals surface area contributed by atoms with Gasteiger partial charge in [0.05, 0.1) is 11.4 Å². The van der Waals surface area contributed by atoms with E-state index in [-0.39, 0.29) is 5.82 Å². The summed E-state index contributed by atoms with van der Waals surface area (Å²) in [5, 5.41) is 15.5. The molecule has 8 nitrogen and oxygen atoms in total. The summed E-state index contributed by atoms with van der Waals surface area (Å²) >= 11 is 9.56. The number of nitrogens with one attached hydrogen (secondary N) is 1. The van der Waals surface area contributed by atoms with E-state index in [0.717, 1.165) is 5.56 Å². The number of alkyl halides is 1. The van der Waals surface area contributed by atoms with Crippen LogP contribution in [-0.2, 0) is 11.3 Å². The van der Waals surface area contributed by atoms with Gasteiger partial charge in [0.15, 0.2) is 6.20 Å². The first kappa shape index (κ1) is 21.2. The first-order chi connectivity index (χ1) is 14.9. The molecule has 2 aromatic carbocycles. The lowest BCUT2D eigenvalue weighted by molar-refractivity contribution is -0.713. The number of carbonyl (C=O) groups is 1. The first-order valence-corrected chi connectivity index (χ1v) is 11.0. The number of nitro groups is 1. The zero-order valence-electron chi connectivity index (χ0n) is 16.5. The van der Waals surface area contributed by atoms with Crippen LogP contribution in [0.25, 0.3) is 0 Å². The van der Waals surface area contributed by atoms with Crippen LogP contribution in [0.4, 0.5) is 11.5 Å². The zero-order valence-corrected chi connectivity index (χ0v) is 18.8. The van der Waals surface area contributed by atoms with Crippen molar-refractivity contribution < 1.29 is 14.3 Å². The van der Waals surface area contributed by atoms with Crippen molar-refractivity contribution in [3.05, 3.63) is 86.8 Å². The highest BCUT2D eigenvalue weighted by molar-refractivity contribution is 9.09. The second-order valence-electron chi connectivity index (χ2n) is 6.94. The second kappa shape index (κ2) is 8.60. The number of aliphatic imine (C=N–C) groups is 1. The minimum Gasteiger partial charge on any atom is -0.358 e. The summed E-state index contributed by atoms with van der Waals surface area (Å²) in [4.78, 5) is 29.1. The Morgan fingerprint density at radius 3 is 2.71 bits per heavy atom. The van der Waals surface area contributed by atoms with Gasteiger partial charge in [0.1, 0.15) is 6.54 Å². The number of hydrogen-bond donors (Lipinski definition) is 1. The largest absolute Gasteiger partial charge is 0.365 e. The maximum absolute atomic E-state index is 13.2. The van der Waals surface area contributed by atoms with Crippen molar-refractivity contribution in [3.8, 4) is 0 Å². The van der Waals surface area contributed by atoms with Gasteiger partial charge < -0.3 is 15.4 Å². The number of benzodiazepines with no additional fused rings is 1. The fourth-order valence-electron chi connectivity index (χ4n) is 3.63. The lowest BCUT2D eigenvalue weighted by Gasteiger charge is -2.10. The summed E-state index contributed by atoms with van der Waals surface area (Å²) < 4.78 is 3.08. The van der Waals surface area contributed by atoms with Gasteiger partial charge >= 0.3 is 5.82 Å². The molecule has 1 aliphatic heterocycles. The summed E-state index contributed by atoms with van der Waals surface area (Å²) in [5.74, 6) is 0.0472. The predicted octanol–water partition coefficient (Wildman–Crippen LogP) is 4.03. The van der Waals surface area contributed by atoms with Gasteiger partial charge in [0.2, 0.25) is 0 Å². The topological polar surface area (TPSA) is 93.4 Å². The summed E-state index contributed by atoms with van der Waals surface area (Å²) in [7, 11) is 0. The molecular formula is C21H18BrClN5O3+. The monoisotopic (exact) mass is 502 g/mol. The highest BCUT2D eigenvalue weighted by atomic mass is 79.9. The first-order valence-electron chi connectivity index (χ1n) is 9.46. The molecule has 2 heterocycles. The van der Waals surface area contributed by atoms with Gasteiger partial charge in [-0.05, 0) is 23.1 Å². The molecule has 3 aromatic rings. The number of nitrogens with zero attached hydrogens (tertiary/aromatic N) is 4. The van der Waals surface area contributed by atoms with Crippen molar-refractivity contribution in [1.82, 2.24) is 4.57 Å². The number of benzene rings is 2. The molecule has 0 bridgehead atoms. The van der Waals surface area contributed by atoms with E-state index in [1.807, 2.05) is 30.3 Å². The third-order valence-corrected chi connectivity index (χ3v) is 5.67. The van der Waals surface area contributed by atoms with Crippen LogP contribution < -0.4 is 9.88 Å².